The second-order valence-corrected chi connectivity index (χ2v) is 5.77. The van der Waals surface area contributed by atoms with Gasteiger partial charge in [-0.25, -0.2) is 0 Å². The number of hydrogen-bond acceptors (Lipinski definition) is 3. The van der Waals surface area contributed by atoms with Crippen LogP contribution >= 0.6 is 27.5 Å². The zero-order valence-electron chi connectivity index (χ0n) is 11.9. The van der Waals surface area contributed by atoms with Crippen LogP contribution in [0.25, 0.3) is 0 Å². The van der Waals surface area contributed by atoms with Gasteiger partial charge in [-0.3, -0.25) is 4.79 Å². The molecule has 0 aliphatic carbocycles. The number of aryl methyl sites for hydroxylation is 1. The van der Waals surface area contributed by atoms with Crippen LogP contribution in [0.15, 0.2) is 34.8 Å². The molecule has 0 atom stereocenters. The van der Waals surface area contributed by atoms with E-state index in [4.69, 9.17) is 21.1 Å². The number of rotatable bonds is 4. The van der Waals surface area contributed by atoms with Crippen LogP contribution in [0.5, 0.6) is 11.5 Å². The van der Waals surface area contributed by atoms with Gasteiger partial charge >= 0.3 is 0 Å². The normalized spacial score (nSPS) is 10.3. The Labute approximate surface area is 137 Å². The monoisotopic (exact) mass is 368 g/mol. The average Bonchev–Trinajstić information content (AvgIpc) is 2.48. The minimum Gasteiger partial charge on any atom is -0.493 e. The molecule has 0 saturated carbocycles. The van der Waals surface area contributed by atoms with E-state index in [-0.39, 0.29) is 5.78 Å². The lowest BCUT2D eigenvalue weighted by Gasteiger charge is -2.12. The third kappa shape index (κ3) is 3.22. The molecule has 2 aromatic carbocycles. The highest BCUT2D eigenvalue weighted by Crippen LogP contribution is 2.34. The molecule has 0 N–H and O–H groups in total. The first kappa shape index (κ1) is 15.9. The maximum Gasteiger partial charge on any atom is 0.194 e. The van der Waals surface area contributed by atoms with E-state index in [0.717, 1.165) is 5.56 Å². The Morgan fingerprint density at radius 1 is 1.05 bits per heavy atom. The highest BCUT2D eigenvalue weighted by Gasteiger charge is 2.18. The number of methoxy groups -OCH3 is 2. The van der Waals surface area contributed by atoms with Gasteiger partial charge in [-0.15, -0.1) is 0 Å². The second kappa shape index (κ2) is 6.50. The molecule has 5 heteroatoms. The van der Waals surface area contributed by atoms with E-state index < -0.39 is 0 Å². The largest absolute Gasteiger partial charge is 0.493 e. The summed E-state index contributed by atoms with van der Waals surface area (Å²) >= 11 is 9.39. The third-order valence-electron chi connectivity index (χ3n) is 3.16. The summed E-state index contributed by atoms with van der Waals surface area (Å²) in [5.41, 5.74) is 1.93. The lowest BCUT2D eigenvalue weighted by Crippen LogP contribution is -2.06. The maximum absolute atomic E-state index is 12.7. The summed E-state index contributed by atoms with van der Waals surface area (Å²) in [6.07, 6.45) is 0. The number of carbonyl (C=O) groups excluding carboxylic acids is 1. The summed E-state index contributed by atoms with van der Waals surface area (Å²) in [7, 11) is 3.08. The SMILES string of the molecule is COc1cc(Br)c(C(=O)c2cc(Cl)ccc2C)cc1OC. The summed E-state index contributed by atoms with van der Waals surface area (Å²) in [5, 5.41) is 0.528. The van der Waals surface area contributed by atoms with Crippen LogP contribution in [0.4, 0.5) is 0 Å². The Kier molecular flexibility index (Phi) is 4.91. The summed E-state index contributed by atoms with van der Waals surface area (Å²) in [6, 6.07) is 8.63. The fraction of sp³-hybridized carbons (Fsp3) is 0.188. The molecule has 0 radical (unpaired) electrons. The van der Waals surface area contributed by atoms with Gasteiger partial charge in [-0.05, 0) is 52.7 Å². The van der Waals surface area contributed by atoms with Crippen LogP contribution in [0.1, 0.15) is 21.5 Å². The van der Waals surface area contributed by atoms with E-state index >= 15 is 0 Å². The lowest BCUT2D eigenvalue weighted by atomic mass is 9.99. The molecule has 0 fully saturated rings. The molecule has 0 unspecified atom stereocenters. The molecule has 0 aliphatic rings. The van der Waals surface area contributed by atoms with Gasteiger partial charge in [-0.1, -0.05) is 17.7 Å². The molecule has 21 heavy (non-hydrogen) atoms. The van der Waals surface area contributed by atoms with Crippen LogP contribution < -0.4 is 9.47 Å². The van der Waals surface area contributed by atoms with E-state index in [1.807, 2.05) is 13.0 Å². The number of benzene rings is 2. The van der Waals surface area contributed by atoms with Crippen molar-refractivity contribution < 1.29 is 14.3 Å². The molecule has 0 aliphatic heterocycles. The molecular weight excluding hydrogens is 356 g/mol. The van der Waals surface area contributed by atoms with Crippen molar-refractivity contribution in [3.8, 4) is 11.5 Å². The number of ether oxygens (including phenoxy) is 2. The molecule has 3 nitrogen and oxygen atoms in total. The Morgan fingerprint density at radius 2 is 1.67 bits per heavy atom. The van der Waals surface area contributed by atoms with Crippen molar-refractivity contribution in [3.63, 3.8) is 0 Å². The minimum absolute atomic E-state index is 0.122. The van der Waals surface area contributed by atoms with Gasteiger partial charge in [0.25, 0.3) is 0 Å². The van der Waals surface area contributed by atoms with Crippen molar-refractivity contribution in [3.05, 3.63) is 56.5 Å². The van der Waals surface area contributed by atoms with Crippen LogP contribution in [-0.4, -0.2) is 20.0 Å². The number of ketones is 1. The van der Waals surface area contributed by atoms with E-state index in [0.29, 0.717) is 32.1 Å². The van der Waals surface area contributed by atoms with Crippen molar-refractivity contribution >= 4 is 33.3 Å². The molecule has 0 saturated heterocycles. The van der Waals surface area contributed by atoms with Gasteiger partial charge < -0.3 is 9.47 Å². The van der Waals surface area contributed by atoms with Crippen LogP contribution in [0.2, 0.25) is 5.02 Å². The Morgan fingerprint density at radius 3 is 2.29 bits per heavy atom. The average molecular weight is 370 g/mol. The van der Waals surface area contributed by atoms with Gasteiger partial charge in [0.1, 0.15) is 0 Å². The van der Waals surface area contributed by atoms with E-state index in [9.17, 15) is 4.79 Å². The second-order valence-electron chi connectivity index (χ2n) is 4.48. The fourth-order valence-corrected chi connectivity index (χ4v) is 2.69. The first-order valence-electron chi connectivity index (χ1n) is 6.20. The zero-order chi connectivity index (χ0) is 15.6. The molecular formula is C16H14BrClO3. The van der Waals surface area contributed by atoms with E-state index in [1.165, 1.54) is 7.11 Å². The van der Waals surface area contributed by atoms with Gasteiger partial charge in [0.05, 0.1) is 14.2 Å². The van der Waals surface area contributed by atoms with Crippen molar-refractivity contribution in [2.45, 2.75) is 6.92 Å². The fourth-order valence-electron chi connectivity index (χ4n) is 2.01. The smallest absolute Gasteiger partial charge is 0.194 e. The summed E-state index contributed by atoms with van der Waals surface area (Å²) in [5.74, 6) is 0.940. The zero-order valence-corrected chi connectivity index (χ0v) is 14.2. The molecule has 2 aromatic rings. The first-order chi connectivity index (χ1) is 9.97. The number of carbonyl (C=O) groups is 1. The van der Waals surface area contributed by atoms with Gasteiger partial charge in [0, 0.05) is 20.6 Å². The predicted octanol–water partition coefficient (Wildman–Crippen LogP) is 4.66. The van der Waals surface area contributed by atoms with Crippen LogP contribution in [-0.2, 0) is 0 Å². The van der Waals surface area contributed by atoms with E-state index in [1.54, 1.807) is 31.4 Å². The lowest BCUT2D eigenvalue weighted by molar-refractivity contribution is 0.103. The summed E-state index contributed by atoms with van der Waals surface area (Å²) in [6.45, 7) is 1.87. The van der Waals surface area contributed by atoms with E-state index in [2.05, 4.69) is 15.9 Å². The minimum atomic E-state index is -0.122. The summed E-state index contributed by atoms with van der Waals surface area (Å²) in [4.78, 5) is 12.7. The number of hydrogen-bond donors (Lipinski definition) is 0. The third-order valence-corrected chi connectivity index (χ3v) is 4.05. The molecule has 2 rings (SSSR count). The van der Waals surface area contributed by atoms with Crippen LogP contribution in [0, 0.1) is 6.92 Å². The highest BCUT2D eigenvalue weighted by atomic mass is 79.9. The number of halogens is 2. The van der Waals surface area contributed by atoms with Crippen molar-refractivity contribution in [1.82, 2.24) is 0 Å². The Bertz CT molecular complexity index is 698. The molecule has 0 spiro atoms. The van der Waals surface area contributed by atoms with Crippen molar-refractivity contribution in [2.24, 2.45) is 0 Å². The van der Waals surface area contributed by atoms with Crippen molar-refractivity contribution in [2.75, 3.05) is 14.2 Å². The molecule has 110 valence electrons. The van der Waals surface area contributed by atoms with Gasteiger partial charge in [-0.2, -0.15) is 0 Å². The topological polar surface area (TPSA) is 35.5 Å². The molecule has 0 amide bonds. The summed E-state index contributed by atoms with van der Waals surface area (Å²) < 4.78 is 11.1. The van der Waals surface area contributed by atoms with Crippen LogP contribution in [0.3, 0.4) is 0 Å². The quantitative estimate of drug-likeness (QED) is 0.735. The molecule has 0 heterocycles. The highest BCUT2D eigenvalue weighted by molar-refractivity contribution is 9.10. The Hall–Kier alpha value is -1.52. The standard InChI is InChI=1S/C16H14BrClO3/c1-9-4-5-10(18)6-11(9)16(19)12-7-14(20-2)15(21-3)8-13(12)17/h4-8H,1-3H3. The van der Waals surface area contributed by atoms with Crippen molar-refractivity contribution in [1.29, 1.82) is 0 Å². The predicted molar refractivity (Wildman–Crippen MR) is 86.9 cm³/mol. The first-order valence-corrected chi connectivity index (χ1v) is 7.37. The Balaban J connectivity index is 2.55. The van der Waals surface area contributed by atoms with Gasteiger partial charge in [0.15, 0.2) is 17.3 Å². The maximum atomic E-state index is 12.7. The molecule has 0 bridgehead atoms. The molecule has 0 aromatic heterocycles. The van der Waals surface area contributed by atoms with Gasteiger partial charge in [0.2, 0.25) is 0 Å².